The van der Waals surface area contributed by atoms with Gasteiger partial charge in [-0.3, -0.25) is 4.79 Å². The van der Waals surface area contributed by atoms with Crippen molar-refractivity contribution in [3.05, 3.63) is 29.8 Å². The van der Waals surface area contributed by atoms with Gasteiger partial charge >= 0.3 is 0 Å². The minimum absolute atomic E-state index is 0.112. The first-order valence-electron chi connectivity index (χ1n) is 7.29. The van der Waals surface area contributed by atoms with E-state index >= 15 is 0 Å². The van der Waals surface area contributed by atoms with Crippen molar-refractivity contribution in [2.75, 3.05) is 18.4 Å². The minimum Gasteiger partial charge on any atom is -0.326 e. The van der Waals surface area contributed by atoms with Crippen molar-refractivity contribution in [1.82, 2.24) is 5.32 Å². The molecule has 1 aromatic carbocycles. The number of nitrogens with one attached hydrogen (secondary N) is 2. The third-order valence-corrected chi connectivity index (χ3v) is 3.97. The summed E-state index contributed by atoms with van der Waals surface area (Å²) < 4.78 is 0. The maximum Gasteiger partial charge on any atom is 0.231 e. The fourth-order valence-corrected chi connectivity index (χ4v) is 2.92. The summed E-state index contributed by atoms with van der Waals surface area (Å²) >= 11 is 0. The zero-order valence-electron chi connectivity index (χ0n) is 12.0. The zero-order valence-corrected chi connectivity index (χ0v) is 12.0. The Morgan fingerprint density at radius 3 is 3.05 bits per heavy atom. The van der Waals surface area contributed by atoms with E-state index < -0.39 is 0 Å². The SMILES string of the molecule is C#Cc1cccc(NC(=O)C2(CCC)CCCNC2)c1. The van der Waals surface area contributed by atoms with Crippen molar-refractivity contribution in [2.45, 2.75) is 32.6 Å². The third kappa shape index (κ3) is 3.20. The second-order valence-electron chi connectivity index (χ2n) is 5.49. The topological polar surface area (TPSA) is 41.1 Å². The van der Waals surface area contributed by atoms with Crippen LogP contribution in [0.4, 0.5) is 5.69 Å². The Labute approximate surface area is 121 Å². The molecule has 1 heterocycles. The van der Waals surface area contributed by atoms with Gasteiger partial charge in [-0.25, -0.2) is 0 Å². The van der Waals surface area contributed by atoms with Gasteiger partial charge in [0.2, 0.25) is 5.91 Å². The first kappa shape index (κ1) is 14.6. The van der Waals surface area contributed by atoms with Gasteiger partial charge in [0.25, 0.3) is 0 Å². The quantitative estimate of drug-likeness (QED) is 0.826. The van der Waals surface area contributed by atoms with Crippen LogP contribution in [0.2, 0.25) is 0 Å². The molecule has 0 radical (unpaired) electrons. The van der Waals surface area contributed by atoms with Crippen LogP contribution in [0.5, 0.6) is 0 Å². The van der Waals surface area contributed by atoms with E-state index in [1.165, 1.54) is 0 Å². The third-order valence-electron chi connectivity index (χ3n) is 3.97. The smallest absolute Gasteiger partial charge is 0.231 e. The van der Waals surface area contributed by atoms with Gasteiger partial charge in [-0.05, 0) is 44.0 Å². The number of terminal acetylenes is 1. The molecule has 20 heavy (non-hydrogen) atoms. The second-order valence-corrected chi connectivity index (χ2v) is 5.49. The number of carbonyl (C=O) groups excluding carboxylic acids is 1. The molecule has 0 bridgehead atoms. The largest absolute Gasteiger partial charge is 0.326 e. The highest BCUT2D eigenvalue weighted by Crippen LogP contribution is 2.33. The number of anilines is 1. The van der Waals surface area contributed by atoms with Gasteiger partial charge in [-0.1, -0.05) is 25.3 Å². The summed E-state index contributed by atoms with van der Waals surface area (Å²) in [7, 11) is 0. The summed E-state index contributed by atoms with van der Waals surface area (Å²) in [6, 6.07) is 7.46. The Balaban J connectivity index is 2.14. The Morgan fingerprint density at radius 2 is 2.40 bits per heavy atom. The van der Waals surface area contributed by atoms with Crippen molar-refractivity contribution in [2.24, 2.45) is 5.41 Å². The fraction of sp³-hybridized carbons (Fsp3) is 0.471. The zero-order chi connectivity index (χ0) is 14.4. The molecule has 0 aromatic heterocycles. The van der Waals surface area contributed by atoms with E-state index in [-0.39, 0.29) is 11.3 Å². The van der Waals surface area contributed by atoms with Crippen LogP contribution in [0.3, 0.4) is 0 Å². The maximum atomic E-state index is 12.7. The summed E-state index contributed by atoms with van der Waals surface area (Å²) in [5, 5.41) is 6.39. The number of hydrogen-bond acceptors (Lipinski definition) is 2. The molecule has 1 unspecified atom stereocenters. The molecule has 1 atom stereocenters. The molecule has 106 valence electrons. The molecule has 3 heteroatoms. The number of piperidine rings is 1. The van der Waals surface area contributed by atoms with Crippen molar-refractivity contribution < 1.29 is 4.79 Å². The summed E-state index contributed by atoms with van der Waals surface area (Å²) in [5.74, 6) is 2.70. The molecule has 0 saturated carbocycles. The fourth-order valence-electron chi connectivity index (χ4n) is 2.92. The van der Waals surface area contributed by atoms with E-state index in [0.29, 0.717) is 0 Å². The second kappa shape index (κ2) is 6.58. The monoisotopic (exact) mass is 270 g/mol. The molecule has 1 aromatic rings. The number of carbonyl (C=O) groups is 1. The number of benzene rings is 1. The van der Waals surface area contributed by atoms with Crippen LogP contribution in [0, 0.1) is 17.8 Å². The lowest BCUT2D eigenvalue weighted by Crippen LogP contribution is -2.48. The van der Waals surface area contributed by atoms with Crippen LogP contribution < -0.4 is 10.6 Å². The molecule has 0 spiro atoms. The molecule has 2 rings (SSSR count). The van der Waals surface area contributed by atoms with Gasteiger partial charge in [-0.15, -0.1) is 6.42 Å². The molecular formula is C17H22N2O. The number of rotatable bonds is 4. The van der Waals surface area contributed by atoms with Crippen molar-refractivity contribution in [3.63, 3.8) is 0 Å². The summed E-state index contributed by atoms with van der Waals surface area (Å²) in [5.41, 5.74) is 1.29. The molecule has 1 saturated heterocycles. The summed E-state index contributed by atoms with van der Waals surface area (Å²) in [4.78, 5) is 12.7. The number of hydrogen-bond donors (Lipinski definition) is 2. The van der Waals surface area contributed by atoms with Crippen LogP contribution >= 0.6 is 0 Å². The first-order valence-corrected chi connectivity index (χ1v) is 7.29. The van der Waals surface area contributed by atoms with E-state index in [4.69, 9.17) is 6.42 Å². The average molecular weight is 270 g/mol. The maximum absolute atomic E-state index is 12.7. The van der Waals surface area contributed by atoms with Gasteiger partial charge < -0.3 is 10.6 Å². The molecule has 2 N–H and O–H groups in total. The van der Waals surface area contributed by atoms with Gasteiger partial charge in [0.15, 0.2) is 0 Å². The predicted octanol–water partition coefficient (Wildman–Crippen LogP) is 2.78. The summed E-state index contributed by atoms with van der Waals surface area (Å²) in [6.07, 6.45) is 9.33. The van der Waals surface area contributed by atoms with Gasteiger partial charge in [-0.2, -0.15) is 0 Å². The van der Waals surface area contributed by atoms with Crippen molar-refractivity contribution >= 4 is 11.6 Å². The predicted molar refractivity (Wildman–Crippen MR) is 82.5 cm³/mol. The lowest BCUT2D eigenvalue weighted by molar-refractivity contribution is -0.127. The average Bonchev–Trinajstić information content (AvgIpc) is 2.48. The Hall–Kier alpha value is -1.79. The molecule has 0 aliphatic carbocycles. The summed E-state index contributed by atoms with van der Waals surface area (Å²) in [6.45, 7) is 3.90. The Kier molecular flexibility index (Phi) is 4.81. The standard InChI is InChI=1S/C17H22N2O/c1-3-9-17(10-6-11-18-13-17)16(20)19-15-8-5-7-14(4-2)12-15/h2,5,7-8,12,18H,3,6,9-11,13H2,1H3,(H,19,20). The van der Waals surface area contributed by atoms with E-state index in [9.17, 15) is 4.79 Å². The van der Waals surface area contributed by atoms with Crippen LogP contribution in [-0.2, 0) is 4.79 Å². The molecular weight excluding hydrogens is 248 g/mol. The minimum atomic E-state index is -0.279. The first-order chi connectivity index (χ1) is 9.70. The lowest BCUT2D eigenvalue weighted by Gasteiger charge is -2.36. The van der Waals surface area contributed by atoms with Crippen LogP contribution in [0.15, 0.2) is 24.3 Å². The normalized spacial score (nSPS) is 22.0. The van der Waals surface area contributed by atoms with Gasteiger partial charge in [0.05, 0.1) is 5.41 Å². The van der Waals surface area contributed by atoms with Crippen LogP contribution in [-0.4, -0.2) is 19.0 Å². The van der Waals surface area contributed by atoms with E-state index in [2.05, 4.69) is 23.5 Å². The molecule has 1 aliphatic rings. The van der Waals surface area contributed by atoms with Gasteiger partial charge in [0.1, 0.15) is 0 Å². The highest BCUT2D eigenvalue weighted by Gasteiger charge is 2.38. The van der Waals surface area contributed by atoms with E-state index in [1.54, 1.807) is 0 Å². The van der Waals surface area contributed by atoms with Crippen molar-refractivity contribution in [1.29, 1.82) is 0 Å². The molecule has 1 aliphatic heterocycles. The van der Waals surface area contributed by atoms with Gasteiger partial charge in [0, 0.05) is 17.8 Å². The Morgan fingerprint density at radius 1 is 1.55 bits per heavy atom. The van der Waals surface area contributed by atoms with Crippen LogP contribution in [0.1, 0.15) is 38.2 Å². The number of amides is 1. The highest BCUT2D eigenvalue weighted by atomic mass is 16.2. The molecule has 1 fully saturated rings. The Bertz CT molecular complexity index is 504. The lowest BCUT2D eigenvalue weighted by atomic mass is 9.76. The van der Waals surface area contributed by atoms with E-state index in [0.717, 1.165) is 50.0 Å². The van der Waals surface area contributed by atoms with Crippen LogP contribution in [0.25, 0.3) is 0 Å². The highest BCUT2D eigenvalue weighted by molar-refractivity contribution is 5.95. The van der Waals surface area contributed by atoms with Crippen molar-refractivity contribution in [3.8, 4) is 12.3 Å². The molecule has 3 nitrogen and oxygen atoms in total. The van der Waals surface area contributed by atoms with E-state index in [1.807, 2.05) is 24.3 Å². The molecule has 1 amide bonds.